The lowest BCUT2D eigenvalue weighted by molar-refractivity contribution is -0.117. The van der Waals surface area contributed by atoms with Gasteiger partial charge in [0.25, 0.3) is 5.91 Å². The van der Waals surface area contributed by atoms with Gasteiger partial charge in [0.1, 0.15) is 12.4 Å². The molecular formula is C21H23N3O3. The first-order valence-electron chi connectivity index (χ1n) is 9.21. The lowest BCUT2D eigenvalue weighted by Crippen LogP contribution is -2.38. The van der Waals surface area contributed by atoms with Gasteiger partial charge in [0.05, 0.1) is 12.2 Å². The molecule has 0 saturated carbocycles. The van der Waals surface area contributed by atoms with Gasteiger partial charge in [-0.05, 0) is 42.8 Å². The maximum absolute atomic E-state index is 13.1. The Morgan fingerprint density at radius 3 is 2.52 bits per heavy atom. The number of amides is 2. The van der Waals surface area contributed by atoms with E-state index in [2.05, 4.69) is 0 Å². The maximum Gasteiger partial charge on any atom is 0.258 e. The van der Waals surface area contributed by atoms with Crippen LogP contribution in [0.2, 0.25) is 0 Å². The van der Waals surface area contributed by atoms with Gasteiger partial charge in [-0.3, -0.25) is 9.59 Å². The van der Waals surface area contributed by atoms with Gasteiger partial charge >= 0.3 is 0 Å². The highest BCUT2D eigenvalue weighted by atomic mass is 16.5. The van der Waals surface area contributed by atoms with Crippen LogP contribution in [0.25, 0.3) is 0 Å². The van der Waals surface area contributed by atoms with Crippen molar-refractivity contribution in [2.45, 2.75) is 12.8 Å². The lowest BCUT2D eigenvalue weighted by Gasteiger charge is -2.30. The minimum atomic E-state index is -0.0588. The number of hydrogen-bond acceptors (Lipinski definition) is 4. The van der Waals surface area contributed by atoms with E-state index in [1.807, 2.05) is 49.3 Å². The number of ether oxygens (including phenoxy) is 1. The van der Waals surface area contributed by atoms with Crippen LogP contribution in [-0.2, 0) is 4.79 Å². The van der Waals surface area contributed by atoms with Crippen LogP contribution in [0.1, 0.15) is 23.2 Å². The van der Waals surface area contributed by atoms with Crippen molar-refractivity contribution < 1.29 is 14.3 Å². The van der Waals surface area contributed by atoms with Gasteiger partial charge in [0.2, 0.25) is 5.91 Å². The molecule has 2 heterocycles. The highest BCUT2D eigenvalue weighted by Gasteiger charge is 2.26. The summed E-state index contributed by atoms with van der Waals surface area (Å²) in [4.78, 5) is 30.5. The number of carbonyl (C=O) groups is 2. The van der Waals surface area contributed by atoms with E-state index in [0.29, 0.717) is 25.1 Å². The van der Waals surface area contributed by atoms with E-state index in [4.69, 9.17) is 4.74 Å². The summed E-state index contributed by atoms with van der Waals surface area (Å²) in [6.07, 6.45) is 1.49. The normalized spacial score (nSPS) is 16.1. The number of hydrogen-bond donors (Lipinski definition) is 0. The molecule has 2 amide bonds. The first-order valence-corrected chi connectivity index (χ1v) is 9.21. The van der Waals surface area contributed by atoms with Crippen molar-refractivity contribution in [2.75, 3.05) is 48.5 Å². The van der Waals surface area contributed by atoms with Crippen LogP contribution in [0.15, 0.2) is 42.5 Å². The molecule has 6 nitrogen and oxygen atoms in total. The molecule has 4 rings (SSSR count). The quantitative estimate of drug-likeness (QED) is 0.839. The van der Waals surface area contributed by atoms with E-state index < -0.39 is 0 Å². The zero-order valence-corrected chi connectivity index (χ0v) is 15.6. The largest absolute Gasteiger partial charge is 0.489 e. The molecule has 0 N–H and O–H groups in total. The summed E-state index contributed by atoms with van der Waals surface area (Å²) in [5.41, 5.74) is 3.28. The zero-order chi connectivity index (χ0) is 19.0. The number of anilines is 3. The van der Waals surface area contributed by atoms with Crippen LogP contribution < -0.4 is 19.4 Å². The van der Waals surface area contributed by atoms with Crippen molar-refractivity contribution in [2.24, 2.45) is 0 Å². The topological polar surface area (TPSA) is 53.1 Å². The zero-order valence-electron chi connectivity index (χ0n) is 15.6. The Morgan fingerprint density at radius 2 is 1.85 bits per heavy atom. The summed E-state index contributed by atoms with van der Waals surface area (Å²) >= 11 is 0. The molecule has 0 aromatic heterocycles. The first kappa shape index (κ1) is 17.4. The smallest absolute Gasteiger partial charge is 0.258 e. The van der Waals surface area contributed by atoms with Crippen molar-refractivity contribution in [3.05, 3.63) is 48.0 Å². The average molecular weight is 365 g/mol. The van der Waals surface area contributed by atoms with Crippen molar-refractivity contribution in [3.8, 4) is 5.75 Å². The second kappa shape index (κ2) is 6.95. The van der Waals surface area contributed by atoms with E-state index in [1.54, 1.807) is 21.9 Å². The fourth-order valence-corrected chi connectivity index (χ4v) is 3.56. The summed E-state index contributed by atoms with van der Waals surface area (Å²) in [7, 11) is 3.94. The lowest BCUT2D eigenvalue weighted by atomic mass is 10.1. The molecule has 0 radical (unpaired) electrons. The number of rotatable bonds is 3. The van der Waals surface area contributed by atoms with Crippen molar-refractivity contribution in [1.82, 2.24) is 0 Å². The SMILES string of the molecule is CN(C)c1ccc2c(c1)OCCN2C(=O)c1ccc(N2CCCC2=O)cc1. The van der Waals surface area contributed by atoms with Crippen molar-refractivity contribution in [1.29, 1.82) is 0 Å². The molecule has 2 aromatic rings. The third-order valence-electron chi connectivity index (χ3n) is 5.07. The standard InChI is InChI=1S/C21H23N3O3/c1-22(2)17-9-10-18-19(14-17)27-13-12-24(18)21(26)15-5-7-16(8-6-15)23-11-3-4-20(23)25/h5-10,14H,3-4,11-13H2,1-2H3. The summed E-state index contributed by atoms with van der Waals surface area (Å²) in [5.74, 6) is 0.810. The van der Waals surface area contributed by atoms with Gasteiger partial charge in [-0.2, -0.15) is 0 Å². The van der Waals surface area contributed by atoms with E-state index in [0.717, 1.165) is 35.8 Å². The van der Waals surface area contributed by atoms with E-state index in [1.165, 1.54) is 0 Å². The third kappa shape index (κ3) is 3.23. The predicted octanol–water partition coefficient (Wildman–Crippen LogP) is 2.92. The molecule has 2 aliphatic rings. The fraction of sp³-hybridized carbons (Fsp3) is 0.333. The molecule has 0 bridgehead atoms. The molecule has 2 aromatic carbocycles. The summed E-state index contributed by atoms with van der Waals surface area (Å²) in [5, 5.41) is 0. The Kier molecular flexibility index (Phi) is 4.48. The first-order chi connectivity index (χ1) is 13.0. The van der Waals surface area contributed by atoms with Crippen LogP contribution >= 0.6 is 0 Å². The van der Waals surface area contributed by atoms with Gasteiger partial charge in [-0.1, -0.05) is 0 Å². The molecule has 0 aliphatic carbocycles. The van der Waals surface area contributed by atoms with Crippen LogP contribution in [-0.4, -0.2) is 45.6 Å². The maximum atomic E-state index is 13.1. The number of benzene rings is 2. The van der Waals surface area contributed by atoms with Crippen molar-refractivity contribution >= 4 is 28.9 Å². The van der Waals surface area contributed by atoms with Crippen LogP contribution in [0.4, 0.5) is 17.1 Å². The number of fused-ring (bicyclic) bond motifs is 1. The van der Waals surface area contributed by atoms with E-state index in [-0.39, 0.29) is 11.8 Å². The predicted molar refractivity (Wildman–Crippen MR) is 106 cm³/mol. The van der Waals surface area contributed by atoms with Gasteiger partial charge in [-0.15, -0.1) is 0 Å². The van der Waals surface area contributed by atoms with Gasteiger partial charge in [-0.25, -0.2) is 0 Å². The van der Waals surface area contributed by atoms with Gasteiger partial charge in [0.15, 0.2) is 0 Å². The molecule has 2 aliphatic heterocycles. The minimum absolute atomic E-state index is 0.0588. The Hall–Kier alpha value is -3.02. The Morgan fingerprint density at radius 1 is 1.07 bits per heavy atom. The molecular weight excluding hydrogens is 342 g/mol. The number of nitrogens with zero attached hydrogens (tertiary/aromatic N) is 3. The van der Waals surface area contributed by atoms with Gasteiger partial charge < -0.3 is 19.4 Å². The third-order valence-corrected chi connectivity index (χ3v) is 5.07. The van der Waals surface area contributed by atoms with Crippen LogP contribution in [0.3, 0.4) is 0 Å². The number of carbonyl (C=O) groups excluding carboxylic acids is 2. The van der Waals surface area contributed by atoms with Gasteiger partial charge in [0, 0.05) is 50.1 Å². The molecule has 140 valence electrons. The van der Waals surface area contributed by atoms with E-state index in [9.17, 15) is 9.59 Å². The molecule has 27 heavy (non-hydrogen) atoms. The fourth-order valence-electron chi connectivity index (χ4n) is 3.56. The molecule has 0 unspecified atom stereocenters. The Labute approximate surface area is 158 Å². The monoisotopic (exact) mass is 365 g/mol. The molecule has 1 saturated heterocycles. The Bertz CT molecular complexity index is 877. The minimum Gasteiger partial charge on any atom is -0.489 e. The summed E-state index contributed by atoms with van der Waals surface area (Å²) < 4.78 is 5.76. The second-order valence-corrected chi connectivity index (χ2v) is 7.05. The highest BCUT2D eigenvalue weighted by molar-refractivity contribution is 6.07. The highest BCUT2D eigenvalue weighted by Crippen LogP contribution is 2.35. The molecule has 0 spiro atoms. The summed E-state index contributed by atoms with van der Waals surface area (Å²) in [6.45, 7) is 1.73. The summed E-state index contributed by atoms with van der Waals surface area (Å²) in [6, 6.07) is 13.2. The molecule has 1 fully saturated rings. The van der Waals surface area contributed by atoms with Crippen LogP contribution in [0.5, 0.6) is 5.75 Å². The van der Waals surface area contributed by atoms with E-state index >= 15 is 0 Å². The second-order valence-electron chi connectivity index (χ2n) is 7.05. The van der Waals surface area contributed by atoms with Crippen LogP contribution in [0, 0.1) is 0 Å². The average Bonchev–Trinajstić information content (AvgIpc) is 3.12. The van der Waals surface area contributed by atoms with Crippen molar-refractivity contribution in [3.63, 3.8) is 0 Å². The Balaban J connectivity index is 1.58. The molecule has 6 heteroatoms. The molecule has 0 atom stereocenters.